The maximum Gasteiger partial charge on any atom is 0.341 e. The van der Waals surface area contributed by atoms with Gasteiger partial charge >= 0.3 is 6.03 Å². The summed E-state index contributed by atoms with van der Waals surface area (Å²) >= 11 is 0.717. The number of rotatable bonds is 7. The fourth-order valence-electron chi connectivity index (χ4n) is 3.97. The summed E-state index contributed by atoms with van der Waals surface area (Å²) in [5.74, 6) is -1.05. The number of nitrogens with one attached hydrogen (secondary N) is 2. The van der Waals surface area contributed by atoms with Gasteiger partial charge in [0, 0.05) is 13.1 Å². The molecular formula is C20H23FN4O5S2. The summed E-state index contributed by atoms with van der Waals surface area (Å²) in [7, 11) is -3.34. The topological polar surface area (TPSA) is 129 Å². The number of halogens is 1. The lowest BCUT2D eigenvalue weighted by Gasteiger charge is -2.21. The van der Waals surface area contributed by atoms with Crippen molar-refractivity contribution in [1.29, 1.82) is 0 Å². The molecule has 172 valence electrons. The third-order valence-corrected chi connectivity index (χ3v) is 8.82. The lowest BCUT2D eigenvalue weighted by molar-refractivity contribution is -0.118. The molecule has 2 fully saturated rings. The Bertz CT molecular complexity index is 1100. The number of hydroxylamine groups is 1. The molecule has 3 N–H and O–H groups in total. The molecule has 2 aliphatic rings. The maximum absolute atomic E-state index is 13.3. The minimum atomic E-state index is -3.34. The van der Waals surface area contributed by atoms with Crippen molar-refractivity contribution in [2.45, 2.75) is 41.7 Å². The van der Waals surface area contributed by atoms with Gasteiger partial charge in [-0.1, -0.05) is 23.5 Å². The van der Waals surface area contributed by atoms with Crippen molar-refractivity contribution in [1.82, 2.24) is 15.4 Å². The first-order valence-electron chi connectivity index (χ1n) is 10.2. The summed E-state index contributed by atoms with van der Waals surface area (Å²) in [4.78, 5) is 30.3. The van der Waals surface area contributed by atoms with Crippen molar-refractivity contribution in [2.24, 2.45) is 5.92 Å². The van der Waals surface area contributed by atoms with Crippen molar-refractivity contribution in [3.8, 4) is 0 Å². The summed E-state index contributed by atoms with van der Waals surface area (Å²) < 4.78 is 38.2. The van der Waals surface area contributed by atoms with Crippen LogP contribution < -0.4 is 10.8 Å². The highest BCUT2D eigenvalue weighted by molar-refractivity contribution is 7.92. The number of hydrogen-bond donors (Lipinski definition) is 3. The van der Waals surface area contributed by atoms with E-state index in [-0.39, 0.29) is 27.1 Å². The standard InChI is InChI=1S/C20H23FN4O5S2/c21-17-10-22-19(31-17)23-18(26)16(9-12-7-8-25(11-12)20(27)24-28)13-1-3-14(4-2-13)32(29,30)15-5-6-15/h1-4,10,12,15-16,28H,5-9,11H2,(H,24,27)(H,22,23,26)/t12-,16-/m1/s1. The number of benzene rings is 1. The van der Waals surface area contributed by atoms with Crippen LogP contribution in [0.2, 0.25) is 0 Å². The van der Waals surface area contributed by atoms with E-state index in [0.29, 0.717) is 55.7 Å². The number of carbonyl (C=O) groups is 2. The number of urea groups is 1. The first-order chi connectivity index (χ1) is 15.3. The van der Waals surface area contributed by atoms with Gasteiger partial charge in [-0.15, -0.1) is 0 Å². The van der Waals surface area contributed by atoms with Gasteiger partial charge < -0.3 is 10.2 Å². The first-order valence-corrected chi connectivity index (χ1v) is 12.6. The molecule has 0 spiro atoms. The molecule has 0 unspecified atom stereocenters. The lowest BCUT2D eigenvalue weighted by Crippen LogP contribution is -2.36. The third kappa shape index (κ3) is 4.92. The van der Waals surface area contributed by atoms with Crippen molar-refractivity contribution >= 4 is 38.2 Å². The van der Waals surface area contributed by atoms with E-state index in [9.17, 15) is 22.4 Å². The summed E-state index contributed by atoms with van der Waals surface area (Å²) in [5, 5.41) is 10.8. The van der Waals surface area contributed by atoms with Crippen molar-refractivity contribution in [3.63, 3.8) is 0 Å². The van der Waals surface area contributed by atoms with E-state index in [1.165, 1.54) is 17.0 Å². The molecule has 1 saturated heterocycles. The molecule has 1 aliphatic heterocycles. The average molecular weight is 483 g/mol. The zero-order chi connectivity index (χ0) is 22.9. The van der Waals surface area contributed by atoms with Gasteiger partial charge in [-0.25, -0.2) is 23.7 Å². The summed E-state index contributed by atoms with van der Waals surface area (Å²) in [6.45, 7) is 0.817. The van der Waals surface area contributed by atoms with Crippen molar-refractivity contribution in [3.05, 3.63) is 41.2 Å². The molecule has 1 aliphatic carbocycles. The minimum absolute atomic E-state index is 0.00838. The first kappa shape index (κ1) is 22.6. The average Bonchev–Trinajstić information content (AvgIpc) is 3.42. The van der Waals surface area contributed by atoms with Crippen LogP contribution in [0.1, 0.15) is 37.2 Å². The zero-order valence-electron chi connectivity index (χ0n) is 17.0. The van der Waals surface area contributed by atoms with E-state index in [2.05, 4.69) is 10.3 Å². The molecule has 0 bridgehead atoms. The Labute approximate surface area is 188 Å². The second-order valence-corrected chi connectivity index (χ2v) is 11.3. The van der Waals surface area contributed by atoms with Crippen LogP contribution >= 0.6 is 11.3 Å². The molecule has 1 aromatic carbocycles. The molecule has 12 heteroatoms. The van der Waals surface area contributed by atoms with Crippen molar-refractivity contribution < 1.29 is 27.6 Å². The van der Waals surface area contributed by atoms with E-state index < -0.39 is 26.9 Å². The molecule has 32 heavy (non-hydrogen) atoms. The fraction of sp³-hybridized carbons (Fsp3) is 0.450. The molecule has 0 radical (unpaired) electrons. The Hall–Kier alpha value is -2.57. The van der Waals surface area contributed by atoms with Gasteiger partial charge in [0.1, 0.15) is 0 Å². The monoisotopic (exact) mass is 482 g/mol. The number of amides is 3. The predicted molar refractivity (Wildman–Crippen MR) is 115 cm³/mol. The van der Waals surface area contributed by atoms with Gasteiger partial charge in [-0.3, -0.25) is 10.0 Å². The van der Waals surface area contributed by atoms with E-state index in [4.69, 9.17) is 5.21 Å². The smallest absolute Gasteiger partial charge is 0.323 e. The number of anilines is 1. The second kappa shape index (κ2) is 9.12. The molecular weight excluding hydrogens is 459 g/mol. The van der Waals surface area contributed by atoms with Crippen LogP contribution in [0.15, 0.2) is 35.4 Å². The highest BCUT2D eigenvalue weighted by Gasteiger charge is 2.37. The Morgan fingerprint density at radius 1 is 1.25 bits per heavy atom. The van der Waals surface area contributed by atoms with Crippen LogP contribution in [-0.4, -0.2) is 53.8 Å². The Kier molecular flexibility index (Phi) is 6.45. The molecule has 4 rings (SSSR count). The van der Waals surface area contributed by atoms with Crippen LogP contribution in [0.25, 0.3) is 0 Å². The fourth-order valence-corrected chi connectivity index (χ4v) is 6.18. The number of likely N-dealkylation sites (tertiary alicyclic amines) is 1. The number of aromatic nitrogens is 1. The molecule has 1 saturated carbocycles. The SMILES string of the molecule is O=C(Nc1ncc(F)s1)[C@H](C[C@H]1CCN(C(=O)NO)C1)c1ccc(S(=O)(=O)C2CC2)cc1. The van der Waals surface area contributed by atoms with Gasteiger partial charge in [0.15, 0.2) is 20.1 Å². The number of nitrogens with zero attached hydrogens (tertiary/aromatic N) is 2. The van der Waals surface area contributed by atoms with E-state index in [1.54, 1.807) is 17.6 Å². The third-order valence-electron chi connectivity index (χ3n) is 5.84. The quantitative estimate of drug-likeness (QED) is 0.411. The normalized spacial score (nSPS) is 19.6. The number of thiazole rings is 1. The van der Waals surface area contributed by atoms with Crippen LogP contribution in [0, 0.1) is 11.0 Å². The number of sulfone groups is 1. The second-order valence-electron chi connectivity index (χ2n) is 8.08. The highest BCUT2D eigenvalue weighted by Crippen LogP contribution is 2.35. The summed E-state index contributed by atoms with van der Waals surface area (Å²) in [5.41, 5.74) is 2.24. The minimum Gasteiger partial charge on any atom is -0.323 e. The van der Waals surface area contributed by atoms with Gasteiger partial charge in [0.25, 0.3) is 0 Å². The Morgan fingerprint density at radius 2 is 1.97 bits per heavy atom. The van der Waals surface area contributed by atoms with Gasteiger partial charge in [0.2, 0.25) is 5.91 Å². The molecule has 3 amide bonds. The van der Waals surface area contributed by atoms with Crippen LogP contribution in [0.5, 0.6) is 0 Å². The van der Waals surface area contributed by atoms with Crippen LogP contribution in [-0.2, 0) is 14.6 Å². The van der Waals surface area contributed by atoms with E-state index in [1.807, 2.05) is 0 Å². The van der Waals surface area contributed by atoms with Crippen LogP contribution in [0.4, 0.5) is 14.3 Å². The van der Waals surface area contributed by atoms with E-state index >= 15 is 0 Å². The molecule has 2 aromatic rings. The maximum atomic E-state index is 13.3. The lowest BCUT2D eigenvalue weighted by atomic mass is 9.87. The Morgan fingerprint density at radius 3 is 2.56 bits per heavy atom. The number of carbonyl (C=O) groups excluding carboxylic acids is 2. The molecule has 2 heterocycles. The van der Waals surface area contributed by atoms with Gasteiger partial charge in [0.05, 0.1) is 22.3 Å². The number of hydrogen-bond acceptors (Lipinski definition) is 7. The van der Waals surface area contributed by atoms with Crippen molar-refractivity contribution in [2.75, 3.05) is 18.4 Å². The summed E-state index contributed by atoms with van der Waals surface area (Å²) in [6, 6.07) is 5.71. The summed E-state index contributed by atoms with van der Waals surface area (Å²) in [6.07, 6.45) is 3.40. The predicted octanol–water partition coefficient (Wildman–Crippen LogP) is 2.75. The largest absolute Gasteiger partial charge is 0.341 e. The van der Waals surface area contributed by atoms with Gasteiger partial charge in [-0.05, 0) is 49.3 Å². The Balaban J connectivity index is 1.54. The molecule has 2 atom stereocenters. The highest BCUT2D eigenvalue weighted by atomic mass is 32.2. The van der Waals surface area contributed by atoms with Gasteiger partial charge in [-0.2, -0.15) is 4.39 Å². The van der Waals surface area contributed by atoms with E-state index in [0.717, 1.165) is 6.20 Å². The zero-order valence-corrected chi connectivity index (χ0v) is 18.7. The van der Waals surface area contributed by atoms with Crippen LogP contribution in [0.3, 0.4) is 0 Å². The molecule has 9 nitrogen and oxygen atoms in total. The molecule has 1 aromatic heterocycles.